The summed E-state index contributed by atoms with van der Waals surface area (Å²) in [6.07, 6.45) is 0.679. The number of para-hydroxylation sites is 2. The van der Waals surface area contributed by atoms with Crippen molar-refractivity contribution in [1.29, 1.82) is 0 Å². The van der Waals surface area contributed by atoms with Gasteiger partial charge in [0.15, 0.2) is 0 Å². The third-order valence-electron chi connectivity index (χ3n) is 3.55. The van der Waals surface area contributed by atoms with Gasteiger partial charge < -0.3 is 9.30 Å². The highest BCUT2D eigenvalue weighted by atomic mass is 16.5. The molecule has 0 aliphatic heterocycles. The predicted octanol–water partition coefficient (Wildman–Crippen LogP) is 3.85. The van der Waals surface area contributed by atoms with Crippen LogP contribution in [-0.4, -0.2) is 22.1 Å². The Kier molecular flexibility index (Phi) is 4.35. The molecular weight excluding hydrogens is 264 g/mol. The summed E-state index contributed by atoms with van der Waals surface area (Å²) >= 11 is 0. The van der Waals surface area contributed by atoms with E-state index >= 15 is 0 Å². The lowest BCUT2D eigenvalue weighted by Crippen LogP contribution is -2.28. The Morgan fingerprint density at radius 3 is 2.52 bits per heavy atom. The Morgan fingerprint density at radius 1 is 1.29 bits per heavy atom. The van der Waals surface area contributed by atoms with Crippen molar-refractivity contribution in [1.82, 2.24) is 9.55 Å². The third-order valence-corrected chi connectivity index (χ3v) is 3.55. The lowest BCUT2D eigenvalue weighted by molar-refractivity contribution is -0.145. The zero-order valence-electron chi connectivity index (χ0n) is 13.5. The Labute approximate surface area is 126 Å². The number of ether oxygens (including phenoxy) is 1. The highest BCUT2D eigenvalue weighted by Crippen LogP contribution is 2.31. The zero-order valence-corrected chi connectivity index (χ0v) is 13.5. The molecular formula is C17H24N2O2. The molecule has 0 bridgehead atoms. The van der Waals surface area contributed by atoms with Gasteiger partial charge in [-0.15, -0.1) is 0 Å². The van der Waals surface area contributed by atoms with Crippen LogP contribution in [0.1, 0.15) is 52.8 Å². The van der Waals surface area contributed by atoms with Crippen LogP contribution >= 0.6 is 0 Å². The number of benzene rings is 1. The van der Waals surface area contributed by atoms with E-state index in [1.54, 1.807) is 0 Å². The number of nitrogens with zero attached hydrogens (tertiary/aromatic N) is 2. The normalized spacial score (nSPS) is 13.4. The number of hydrogen-bond acceptors (Lipinski definition) is 3. The van der Waals surface area contributed by atoms with Crippen LogP contribution in [0.2, 0.25) is 0 Å². The van der Waals surface area contributed by atoms with Crippen LogP contribution in [-0.2, 0) is 15.1 Å². The summed E-state index contributed by atoms with van der Waals surface area (Å²) in [5.74, 6) is 0.280. The second kappa shape index (κ2) is 5.88. The first-order valence-electron chi connectivity index (χ1n) is 7.54. The summed E-state index contributed by atoms with van der Waals surface area (Å²) in [7, 11) is 0. The van der Waals surface area contributed by atoms with Gasteiger partial charge in [-0.1, -0.05) is 19.1 Å². The van der Waals surface area contributed by atoms with Gasteiger partial charge in [0.25, 0.3) is 0 Å². The highest BCUT2D eigenvalue weighted by Gasteiger charge is 2.30. The largest absolute Gasteiger partial charge is 0.465 e. The van der Waals surface area contributed by atoms with Gasteiger partial charge in [0.05, 0.1) is 17.6 Å². The predicted molar refractivity (Wildman–Crippen MR) is 84.4 cm³/mol. The maximum absolute atomic E-state index is 12.3. The molecule has 0 spiro atoms. The number of rotatable bonds is 4. The number of carbonyl (C=O) groups is 1. The molecule has 2 rings (SSSR count). The monoisotopic (exact) mass is 288 g/mol. The number of aromatic nitrogens is 2. The van der Waals surface area contributed by atoms with Crippen molar-refractivity contribution in [3.05, 3.63) is 30.1 Å². The highest BCUT2D eigenvalue weighted by molar-refractivity contribution is 5.81. The number of hydrogen-bond donors (Lipinski definition) is 0. The van der Waals surface area contributed by atoms with Crippen LogP contribution in [0.4, 0.5) is 0 Å². The first kappa shape index (κ1) is 15.5. The fourth-order valence-electron chi connectivity index (χ4n) is 2.68. The van der Waals surface area contributed by atoms with E-state index in [0.29, 0.717) is 13.0 Å². The minimum atomic E-state index is -0.323. The quantitative estimate of drug-likeness (QED) is 0.803. The summed E-state index contributed by atoms with van der Waals surface area (Å²) in [6.45, 7) is 10.6. The molecule has 1 unspecified atom stereocenters. The van der Waals surface area contributed by atoms with Gasteiger partial charge in [0, 0.05) is 5.54 Å². The SMILES string of the molecule is CCOC(=O)C(CC)c1nc2ccccc2n1C(C)(C)C. The molecule has 0 radical (unpaired) electrons. The molecule has 1 atom stereocenters. The minimum absolute atomic E-state index is 0.147. The smallest absolute Gasteiger partial charge is 0.316 e. The Bertz CT molecular complexity index is 638. The van der Waals surface area contributed by atoms with Crippen LogP contribution in [0.5, 0.6) is 0 Å². The average molecular weight is 288 g/mol. The maximum atomic E-state index is 12.3. The summed E-state index contributed by atoms with van der Waals surface area (Å²) in [5.41, 5.74) is 1.83. The van der Waals surface area contributed by atoms with Crippen LogP contribution < -0.4 is 0 Å². The number of imidazole rings is 1. The molecule has 0 saturated carbocycles. The van der Waals surface area contributed by atoms with Crippen molar-refractivity contribution in [2.75, 3.05) is 6.61 Å². The molecule has 0 N–H and O–H groups in total. The topological polar surface area (TPSA) is 44.1 Å². The van der Waals surface area contributed by atoms with Gasteiger partial charge in [-0.25, -0.2) is 4.98 Å². The van der Waals surface area contributed by atoms with Gasteiger partial charge >= 0.3 is 5.97 Å². The Morgan fingerprint density at radius 2 is 1.95 bits per heavy atom. The first-order valence-corrected chi connectivity index (χ1v) is 7.54. The van der Waals surface area contributed by atoms with E-state index < -0.39 is 0 Å². The molecule has 114 valence electrons. The second-order valence-corrected chi connectivity index (χ2v) is 6.18. The Balaban J connectivity index is 2.64. The summed E-state index contributed by atoms with van der Waals surface area (Å²) in [5, 5.41) is 0. The van der Waals surface area contributed by atoms with Crippen molar-refractivity contribution in [2.45, 2.75) is 52.5 Å². The molecule has 0 amide bonds. The van der Waals surface area contributed by atoms with Gasteiger partial charge in [0.2, 0.25) is 0 Å². The van der Waals surface area contributed by atoms with Gasteiger partial charge in [-0.05, 0) is 46.2 Å². The molecule has 4 nitrogen and oxygen atoms in total. The van der Waals surface area contributed by atoms with Crippen molar-refractivity contribution < 1.29 is 9.53 Å². The molecule has 1 aromatic heterocycles. The summed E-state index contributed by atoms with van der Waals surface area (Å²) < 4.78 is 7.38. The molecule has 0 aliphatic carbocycles. The molecule has 2 aromatic rings. The van der Waals surface area contributed by atoms with E-state index in [0.717, 1.165) is 16.9 Å². The van der Waals surface area contributed by atoms with Crippen LogP contribution in [0, 0.1) is 0 Å². The molecule has 21 heavy (non-hydrogen) atoms. The average Bonchev–Trinajstić information content (AvgIpc) is 2.78. The van der Waals surface area contributed by atoms with E-state index in [4.69, 9.17) is 9.72 Å². The molecule has 1 heterocycles. The maximum Gasteiger partial charge on any atom is 0.316 e. The molecule has 0 saturated heterocycles. The molecule has 1 aromatic carbocycles. The standard InChI is InChI=1S/C17H24N2O2/c1-6-12(16(20)21-7-2)15-18-13-10-8-9-11-14(13)19(15)17(3,4)5/h8-12H,6-7H2,1-5H3. The van der Waals surface area contributed by atoms with E-state index in [-0.39, 0.29) is 17.4 Å². The lowest BCUT2D eigenvalue weighted by Gasteiger charge is -2.27. The van der Waals surface area contributed by atoms with E-state index in [1.165, 1.54) is 0 Å². The van der Waals surface area contributed by atoms with Crippen molar-refractivity contribution in [2.24, 2.45) is 0 Å². The third kappa shape index (κ3) is 2.94. The summed E-state index contributed by atoms with van der Waals surface area (Å²) in [6, 6.07) is 8.01. The fraction of sp³-hybridized carbons (Fsp3) is 0.529. The zero-order chi connectivity index (χ0) is 15.6. The molecule has 0 aliphatic rings. The Hall–Kier alpha value is -1.84. The van der Waals surface area contributed by atoms with E-state index in [1.807, 2.05) is 32.0 Å². The van der Waals surface area contributed by atoms with Gasteiger partial charge in [0.1, 0.15) is 11.7 Å². The van der Waals surface area contributed by atoms with Crippen LogP contribution in [0.3, 0.4) is 0 Å². The molecule has 4 heteroatoms. The lowest BCUT2D eigenvalue weighted by atomic mass is 10.0. The van der Waals surface area contributed by atoms with Crippen molar-refractivity contribution in [3.8, 4) is 0 Å². The van der Waals surface area contributed by atoms with Crippen molar-refractivity contribution >= 4 is 17.0 Å². The fourth-order valence-corrected chi connectivity index (χ4v) is 2.68. The first-order chi connectivity index (χ1) is 9.90. The van der Waals surface area contributed by atoms with Gasteiger partial charge in [-0.2, -0.15) is 0 Å². The summed E-state index contributed by atoms with van der Waals surface area (Å²) in [4.78, 5) is 17.0. The number of esters is 1. The second-order valence-electron chi connectivity index (χ2n) is 6.18. The van der Waals surface area contributed by atoms with Crippen LogP contribution in [0.25, 0.3) is 11.0 Å². The van der Waals surface area contributed by atoms with Gasteiger partial charge in [-0.3, -0.25) is 4.79 Å². The van der Waals surface area contributed by atoms with E-state index in [9.17, 15) is 4.79 Å². The minimum Gasteiger partial charge on any atom is -0.465 e. The number of carbonyl (C=O) groups excluding carboxylic acids is 1. The molecule has 0 fully saturated rings. The van der Waals surface area contributed by atoms with E-state index in [2.05, 4.69) is 31.4 Å². The van der Waals surface area contributed by atoms with Crippen molar-refractivity contribution in [3.63, 3.8) is 0 Å². The number of fused-ring (bicyclic) bond motifs is 1. The van der Waals surface area contributed by atoms with Crippen LogP contribution in [0.15, 0.2) is 24.3 Å².